The molecular weight excluding hydrogens is 307 g/mol. The van der Waals surface area contributed by atoms with Crippen molar-refractivity contribution in [2.45, 2.75) is 20.3 Å². The largest absolute Gasteiger partial charge is 0.354 e. The zero-order chi connectivity index (χ0) is 17.5. The molecule has 0 heterocycles. The minimum absolute atomic E-state index is 0.0943. The van der Waals surface area contributed by atoms with E-state index in [1.54, 1.807) is 12.1 Å². The summed E-state index contributed by atoms with van der Waals surface area (Å²) in [5, 5.41) is 2.81. The van der Waals surface area contributed by atoms with Crippen molar-refractivity contribution in [2.24, 2.45) is 0 Å². The van der Waals surface area contributed by atoms with Crippen molar-refractivity contribution in [1.82, 2.24) is 5.32 Å². The van der Waals surface area contributed by atoms with Crippen LogP contribution in [0.1, 0.15) is 18.1 Å². The van der Waals surface area contributed by atoms with E-state index in [1.807, 2.05) is 31.2 Å². The van der Waals surface area contributed by atoms with Gasteiger partial charge >= 0.3 is 0 Å². The summed E-state index contributed by atoms with van der Waals surface area (Å²) < 4.78 is 13.0. The summed E-state index contributed by atoms with van der Waals surface area (Å²) in [4.78, 5) is 25.3. The van der Waals surface area contributed by atoms with Gasteiger partial charge in [0.25, 0.3) is 0 Å². The number of nitrogens with one attached hydrogen (secondary N) is 1. The molecule has 0 aliphatic rings. The van der Waals surface area contributed by atoms with Gasteiger partial charge in [0.1, 0.15) is 5.82 Å². The summed E-state index contributed by atoms with van der Waals surface area (Å²) in [6.07, 6.45) is 0.304. The van der Waals surface area contributed by atoms with Crippen LogP contribution in [-0.2, 0) is 16.0 Å². The minimum atomic E-state index is -0.353. The highest BCUT2D eigenvalue weighted by Gasteiger charge is 2.12. The number of nitrogens with zero attached hydrogens (tertiary/aromatic N) is 1. The van der Waals surface area contributed by atoms with Crippen LogP contribution in [0.4, 0.5) is 10.1 Å². The molecule has 0 saturated heterocycles. The van der Waals surface area contributed by atoms with Crippen molar-refractivity contribution in [3.05, 3.63) is 65.5 Å². The summed E-state index contributed by atoms with van der Waals surface area (Å²) in [5.41, 5.74) is 2.67. The lowest BCUT2D eigenvalue weighted by atomic mass is 10.1. The topological polar surface area (TPSA) is 49.4 Å². The van der Waals surface area contributed by atoms with E-state index in [1.165, 1.54) is 24.0 Å². The fraction of sp³-hybridized carbons (Fsp3) is 0.263. The third-order valence-electron chi connectivity index (χ3n) is 3.62. The Bertz CT molecular complexity index is 714. The fourth-order valence-corrected chi connectivity index (χ4v) is 2.47. The zero-order valence-electron chi connectivity index (χ0n) is 13.9. The molecule has 0 saturated carbocycles. The summed E-state index contributed by atoms with van der Waals surface area (Å²) in [6.45, 7) is 4.09. The summed E-state index contributed by atoms with van der Waals surface area (Å²) >= 11 is 0. The molecule has 0 aliphatic heterocycles. The number of benzene rings is 2. The average Bonchev–Trinajstić information content (AvgIpc) is 2.52. The fourth-order valence-electron chi connectivity index (χ4n) is 2.47. The van der Waals surface area contributed by atoms with E-state index < -0.39 is 0 Å². The first-order valence-corrected chi connectivity index (χ1v) is 7.81. The van der Waals surface area contributed by atoms with Gasteiger partial charge in [-0.1, -0.05) is 29.8 Å². The maximum Gasteiger partial charge on any atom is 0.224 e. The average molecular weight is 328 g/mol. The second-order valence-corrected chi connectivity index (χ2v) is 5.66. The lowest BCUT2D eigenvalue weighted by Gasteiger charge is -2.21. The van der Waals surface area contributed by atoms with E-state index in [0.717, 1.165) is 11.1 Å². The number of hydrogen-bond acceptors (Lipinski definition) is 2. The molecule has 1 N–H and O–H groups in total. The number of hydrogen-bond donors (Lipinski definition) is 1. The molecule has 0 spiro atoms. The molecule has 2 aromatic rings. The van der Waals surface area contributed by atoms with Crippen LogP contribution in [-0.4, -0.2) is 24.9 Å². The Balaban J connectivity index is 1.87. The van der Waals surface area contributed by atoms with Gasteiger partial charge in [-0.2, -0.15) is 0 Å². The number of amides is 2. The van der Waals surface area contributed by atoms with Gasteiger partial charge in [0.15, 0.2) is 0 Å². The summed E-state index contributed by atoms with van der Waals surface area (Å²) in [6, 6.07) is 13.5. The molecule has 126 valence electrons. The molecule has 0 aliphatic carbocycles. The highest BCUT2D eigenvalue weighted by atomic mass is 19.1. The summed E-state index contributed by atoms with van der Waals surface area (Å²) in [5.74, 6) is -0.605. The molecule has 0 aromatic heterocycles. The molecule has 2 aromatic carbocycles. The third-order valence-corrected chi connectivity index (χ3v) is 3.62. The first-order valence-electron chi connectivity index (χ1n) is 7.81. The Morgan fingerprint density at radius 3 is 2.46 bits per heavy atom. The molecule has 0 unspecified atom stereocenters. The molecule has 24 heavy (non-hydrogen) atoms. The van der Waals surface area contributed by atoms with Gasteiger partial charge in [0.05, 0.1) is 6.42 Å². The number of rotatable bonds is 6. The van der Waals surface area contributed by atoms with Crippen molar-refractivity contribution in [1.29, 1.82) is 0 Å². The standard InChI is InChI=1S/C19H21FN2O2/c1-14-4-3-5-16(12-14)13-19(24)21-10-11-22(15(2)23)18-8-6-17(20)7-9-18/h3-9,12H,10-11,13H2,1-2H3,(H,21,24). The van der Waals surface area contributed by atoms with Gasteiger partial charge in [-0.25, -0.2) is 4.39 Å². The predicted octanol–water partition coefficient (Wildman–Crippen LogP) is 2.85. The summed E-state index contributed by atoms with van der Waals surface area (Å²) in [7, 11) is 0. The van der Waals surface area contributed by atoms with E-state index in [4.69, 9.17) is 0 Å². The van der Waals surface area contributed by atoms with Gasteiger partial charge in [0.2, 0.25) is 11.8 Å². The Kier molecular flexibility index (Phi) is 6.07. The van der Waals surface area contributed by atoms with Crippen LogP contribution in [0.25, 0.3) is 0 Å². The van der Waals surface area contributed by atoms with Crippen LogP contribution < -0.4 is 10.2 Å². The maximum atomic E-state index is 13.0. The first-order chi connectivity index (χ1) is 11.5. The van der Waals surface area contributed by atoms with Gasteiger partial charge < -0.3 is 10.2 Å². The van der Waals surface area contributed by atoms with Gasteiger partial charge in [-0.15, -0.1) is 0 Å². The Morgan fingerprint density at radius 2 is 1.83 bits per heavy atom. The first kappa shape index (κ1) is 17.7. The van der Waals surface area contributed by atoms with Crippen molar-refractivity contribution in [2.75, 3.05) is 18.0 Å². The third kappa shape index (κ3) is 5.19. The molecule has 2 amide bonds. The van der Waals surface area contributed by atoms with E-state index in [-0.39, 0.29) is 17.6 Å². The number of carbonyl (C=O) groups is 2. The van der Waals surface area contributed by atoms with Gasteiger partial charge in [-0.3, -0.25) is 9.59 Å². The SMILES string of the molecule is CC(=O)N(CCNC(=O)Cc1cccc(C)c1)c1ccc(F)cc1. The van der Waals surface area contributed by atoms with E-state index in [0.29, 0.717) is 25.2 Å². The normalized spacial score (nSPS) is 10.3. The van der Waals surface area contributed by atoms with Crippen molar-refractivity contribution >= 4 is 17.5 Å². The van der Waals surface area contributed by atoms with Crippen LogP contribution in [0.5, 0.6) is 0 Å². The van der Waals surface area contributed by atoms with Crippen LogP contribution in [0.2, 0.25) is 0 Å². The van der Waals surface area contributed by atoms with Crippen LogP contribution in [0.3, 0.4) is 0 Å². The number of carbonyl (C=O) groups excluding carboxylic acids is 2. The van der Waals surface area contributed by atoms with Crippen molar-refractivity contribution in [3.8, 4) is 0 Å². The van der Waals surface area contributed by atoms with Crippen molar-refractivity contribution < 1.29 is 14.0 Å². The molecule has 0 bridgehead atoms. The number of halogens is 1. The van der Waals surface area contributed by atoms with Crippen molar-refractivity contribution in [3.63, 3.8) is 0 Å². The molecule has 5 heteroatoms. The second-order valence-electron chi connectivity index (χ2n) is 5.66. The smallest absolute Gasteiger partial charge is 0.224 e. The maximum absolute atomic E-state index is 13.0. The molecule has 0 fully saturated rings. The number of anilines is 1. The van der Waals surface area contributed by atoms with Crippen LogP contribution in [0, 0.1) is 12.7 Å². The Hall–Kier alpha value is -2.69. The Labute approximate surface area is 141 Å². The highest BCUT2D eigenvalue weighted by molar-refractivity contribution is 5.91. The number of aryl methyl sites for hydroxylation is 1. The van der Waals surface area contributed by atoms with Crippen LogP contribution >= 0.6 is 0 Å². The predicted molar refractivity (Wildman–Crippen MR) is 92.3 cm³/mol. The van der Waals surface area contributed by atoms with E-state index >= 15 is 0 Å². The molecule has 2 rings (SSSR count). The van der Waals surface area contributed by atoms with Gasteiger partial charge in [-0.05, 0) is 36.8 Å². The quantitative estimate of drug-likeness (QED) is 0.886. The highest BCUT2D eigenvalue weighted by Crippen LogP contribution is 2.14. The minimum Gasteiger partial charge on any atom is -0.354 e. The molecule has 0 atom stereocenters. The Morgan fingerprint density at radius 1 is 1.12 bits per heavy atom. The zero-order valence-corrected chi connectivity index (χ0v) is 13.9. The monoisotopic (exact) mass is 328 g/mol. The lowest BCUT2D eigenvalue weighted by molar-refractivity contribution is -0.121. The lowest BCUT2D eigenvalue weighted by Crippen LogP contribution is -2.38. The molecule has 4 nitrogen and oxygen atoms in total. The van der Waals surface area contributed by atoms with Gasteiger partial charge in [0, 0.05) is 25.7 Å². The molecule has 0 radical (unpaired) electrons. The van der Waals surface area contributed by atoms with E-state index in [9.17, 15) is 14.0 Å². The molecular formula is C19H21FN2O2. The van der Waals surface area contributed by atoms with E-state index in [2.05, 4.69) is 5.32 Å². The van der Waals surface area contributed by atoms with Crippen LogP contribution in [0.15, 0.2) is 48.5 Å². The second kappa shape index (κ2) is 8.24.